The van der Waals surface area contributed by atoms with Gasteiger partial charge >= 0.3 is 80.9 Å². The Labute approximate surface area is 218 Å². The van der Waals surface area contributed by atoms with Crippen molar-refractivity contribution in [3.63, 3.8) is 0 Å². The predicted octanol–water partition coefficient (Wildman–Crippen LogP) is -2.16. The third kappa shape index (κ3) is 11.7. The summed E-state index contributed by atoms with van der Waals surface area (Å²) in [6.07, 6.45) is 0.853. The second-order valence-electron chi connectivity index (χ2n) is 4.85. The summed E-state index contributed by atoms with van der Waals surface area (Å²) in [6, 6.07) is 0. The first kappa shape index (κ1) is 31.6. The van der Waals surface area contributed by atoms with Crippen LogP contribution in [0, 0.1) is 5.92 Å². The molecular formula is C12H22KN2NaO8S2. The zero-order valence-electron chi connectivity index (χ0n) is 13.2. The average molecular weight is 449 g/mol. The van der Waals surface area contributed by atoms with E-state index in [0.29, 0.717) is 0 Å². The molecule has 0 saturated carbocycles. The Hall–Kier alpha value is 0.876. The van der Waals surface area contributed by atoms with Crippen molar-refractivity contribution < 1.29 is 35.2 Å². The van der Waals surface area contributed by atoms with E-state index in [4.69, 9.17) is 0 Å². The van der Waals surface area contributed by atoms with Gasteiger partial charge in [0.25, 0.3) is 20.2 Å². The van der Waals surface area contributed by atoms with E-state index in [9.17, 15) is 31.0 Å². The van der Waals surface area contributed by atoms with Crippen LogP contribution in [0.5, 0.6) is 0 Å². The van der Waals surface area contributed by atoms with Crippen LogP contribution in [0.15, 0.2) is 24.8 Å². The van der Waals surface area contributed by atoms with E-state index >= 15 is 0 Å². The van der Waals surface area contributed by atoms with Crippen LogP contribution in [0.4, 0.5) is 0 Å². The molecule has 0 fully saturated rings. The van der Waals surface area contributed by atoms with Gasteiger partial charge in [-0.05, 0) is 13.0 Å². The Morgan fingerprint density at radius 3 is 2.12 bits per heavy atom. The van der Waals surface area contributed by atoms with Gasteiger partial charge in [-0.2, -0.15) is 16.8 Å². The van der Waals surface area contributed by atoms with Crippen LogP contribution in [0.1, 0.15) is 13.8 Å². The molecule has 0 aromatic carbocycles. The van der Waals surface area contributed by atoms with E-state index in [1.165, 1.54) is 13.8 Å². The summed E-state index contributed by atoms with van der Waals surface area (Å²) in [5.41, 5.74) is 0.136. The van der Waals surface area contributed by atoms with E-state index in [2.05, 4.69) is 22.7 Å². The van der Waals surface area contributed by atoms with Crippen molar-refractivity contribution in [2.24, 2.45) is 5.92 Å². The Morgan fingerprint density at radius 2 is 1.73 bits per heavy atom. The van der Waals surface area contributed by atoms with Crippen molar-refractivity contribution in [2.45, 2.75) is 18.4 Å². The summed E-state index contributed by atoms with van der Waals surface area (Å²) in [5, 5.41) is 4.26. The molecule has 0 bridgehead atoms. The first-order chi connectivity index (χ1) is 10.8. The molecule has 26 heavy (non-hydrogen) atoms. The van der Waals surface area contributed by atoms with Gasteiger partial charge in [-0.1, -0.05) is 20.1 Å². The van der Waals surface area contributed by atoms with Gasteiger partial charge in [-0.3, -0.25) is 14.1 Å². The maximum absolute atomic E-state index is 12.0. The summed E-state index contributed by atoms with van der Waals surface area (Å²) in [6.45, 7) is 7.87. The minimum absolute atomic E-state index is 0. The molecule has 2 unspecified atom stereocenters. The Morgan fingerprint density at radius 1 is 1.23 bits per heavy atom. The van der Waals surface area contributed by atoms with Gasteiger partial charge in [0.05, 0.1) is 0 Å². The summed E-state index contributed by atoms with van der Waals surface area (Å²) in [4.78, 5) is 22.3. The fraction of sp³-hybridized carbons (Fsp3) is 0.500. The van der Waals surface area contributed by atoms with E-state index in [0.717, 1.165) is 6.08 Å². The SMILES string of the molecule is C=CC(=O)NCOS(=O)(=O)C(C(C)CNC(=O)C(=C)C)S(=O)(=O)O.[KH].[NaH]. The number of rotatable bonds is 10. The van der Waals surface area contributed by atoms with Crippen molar-refractivity contribution in [1.29, 1.82) is 0 Å². The minimum atomic E-state index is -5.07. The van der Waals surface area contributed by atoms with Crippen molar-refractivity contribution in [3.05, 3.63) is 24.8 Å². The Kier molecular flexibility index (Phi) is 16.9. The van der Waals surface area contributed by atoms with E-state index in [1.807, 2.05) is 5.32 Å². The van der Waals surface area contributed by atoms with Gasteiger partial charge in [0.1, 0.15) is 6.73 Å². The summed E-state index contributed by atoms with van der Waals surface area (Å²) < 4.78 is 58.1. The molecule has 0 spiro atoms. The number of nitrogens with one attached hydrogen (secondary N) is 2. The third-order valence-electron chi connectivity index (χ3n) is 2.67. The number of carbonyl (C=O) groups is 2. The van der Waals surface area contributed by atoms with Crippen LogP contribution in [0.2, 0.25) is 0 Å². The van der Waals surface area contributed by atoms with Crippen LogP contribution < -0.4 is 10.6 Å². The summed E-state index contributed by atoms with van der Waals surface area (Å²) in [7, 11) is -9.88. The summed E-state index contributed by atoms with van der Waals surface area (Å²) in [5.74, 6) is -2.59. The van der Waals surface area contributed by atoms with Gasteiger partial charge in [-0.15, -0.1) is 0 Å². The number of hydrogen-bond donors (Lipinski definition) is 3. The maximum atomic E-state index is 12.0. The number of carbonyl (C=O) groups excluding carboxylic acids is 2. The van der Waals surface area contributed by atoms with Crippen LogP contribution >= 0.6 is 0 Å². The van der Waals surface area contributed by atoms with E-state index < -0.39 is 49.3 Å². The molecule has 0 saturated heterocycles. The van der Waals surface area contributed by atoms with Crippen molar-refractivity contribution >= 4 is 113 Å². The first-order valence-corrected chi connectivity index (χ1v) is 9.49. The number of amides is 2. The molecule has 0 aliphatic heterocycles. The van der Waals surface area contributed by atoms with Crippen molar-refractivity contribution in [1.82, 2.24) is 10.6 Å². The van der Waals surface area contributed by atoms with Crippen LogP contribution in [-0.2, 0) is 34.0 Å². The topological polar surface area (TPSA) is 156 Å². The molecule has 142 valence electrons. The zero-order chi connectivity index (χ0) is 19.1. The monoisotopic (exact) mass is 448 g/mol. The van der Waals surface area contributed by atoms with E-state index in [1.54, 1.807) is 0 Å². The van der Waals surface area contributed by atoms with Crippen LogP contribution in [0.3, 0.4) is 0 Å². The molecule has 0 radical (unpaired) electrons. The molecular weight excluding hydrogens is 426 g/mol. The third-order valence-corrected chi connectivity index (χ3v) is 6.64. The fourth-order valence-corrected chi connectivity index (χ4v) is 4.61. The average Bonchev–Trinajstić information content (AvgIpc) is 2.42. The quantitative estimate of drug-likeness (QED) is 0.112. The normalized spacial score (nSPS) is 13.2. The molecule has 0 rings (SSSR count). The van der Waals surface area contributed by atoms with Gasteiger partial charge in [0, 0.05) is 18.0 Å². The molecule has 14 heteroatoms. The molecule has 0 heterocycles. The zero-order valence-corrected chi connectivity index (χ0v) is 14.8. The molecule has 10 nitrogen and oxygen atoms in total. The first-order valence-electron chi connectivity index (χ1n) is 6.51. The van der Waals surface area contributed by atoms with E-state index in [-0.39, 0.29) is 93.1 Å². The predicted molar refractivity (Wildman–Crippen MR) is 99.8 cm³/mol. The molecule has 0 aromatic rings. The van der Waals surface area contributed by atoms with Gasteiger partial charge in [-0.25, -0.2) is 4.18 Å². The van der Waals surface area contributed by atoms with Gasteiger partial charge in [0.15, 0.2) is 0 Å². The molecule has 2 amide bonds. The van der Waals surface area contributed by atoms with Gasteiger partial charge in [0.2, 0.25) is 16.4 Å². The van der Waals surface area contributed by atoms with Gasteiger partial charge < -0.3 is 10.6 Å². The summed E-state index contributed by atoms with van der Waals surface area (Å²) >= 11 is 0. The standard InChI is InChI=1S/C12H20N2O8S2.K.Na.2H/c1-5-10(15)14-7-22-24(20,21)12(23(17,18)19)9(4)6-13-11(16)8(2)3;;;;/h5,9,12H,1-2,6-7H2,3-4H3,(H,13,16)(H,14,15)(H,17,18,19);;;;. The van der Waals surface area contributed by atoms with Crippen molar-refractivity contribution in [3.8, 4) is 0 Å². The molecule has 2 atom stereocenters. The van der Waals surface area contributed by atoms with Crippen LogP contribution in [0.25, 0.3) is 0 Å². The second-order valence-corrected chi connectivity index (χ2v) is 8.42. The molecule has 0 aliphatic rings. The van der Waals surface area contributed by atoms with Crippen molar-refractivity contribution in [2.75, 3.05) is 13.3 Å². The van der Waals surface area contributed by atoms with Crippen LogP contribution in [-0.4, -0.2) is 132 Å². The molecule has 0 aliphatic carbocycles. The molecule has 3 N–H and O–H groups in total. The second kappa shape index (κ2) is 14.0. The fourth-order valence-electron chi connectivity index (χ4n) is 1.55. The Balaban J connectivity index is -0.00000264. The molecule has 0 aromatic heterocycles. The number of hydrogen-bond acceptors (Lipinski definition) is 7. The Bertz CT molecular complexity index is 724.